The highest BCUT2D eigenvalue weighted by Crippen LogP contribution is 2.25. The summed E-state index contributed by atoms with van der Waals surface area (Å²) in [6.07, 6.45) is 3.10. The first-order chi connectivity index (χ1) is 12.8. The van der Waals surface area contributed by atoms with E-state index >= 15 is 0 Å². The second-order valence-corrected chi connectivity index (χ2v) is 7.15. The van der Waals surface area contributed by atoms with Gasteiger partial charge in [0.1, 0.15) is 5.75 Å². The van der Waals surface area contributed by atoms with E-state index in [0.29, 0.717) is 12.5 Å². The van der Waals surface area contributed by atoms with Gasteiger partial charge in [0.25, 0.3) is 5.91 Å². The van der Waals surface area contributed by atoms with Crippen molar-refractivity contribution >= 4 is 30.7 Å². The number of carbonyl (C=O) groups excluding carboxylic acids is 1. The van der Waals surface area contributed by atoms with Crippen molar-refractivity contribution in [3.63, 3.8) is 0 Å². The highest BCUT2D eigenvalue weighted by molar-refractivity contribution is 5.94. The third-order valence-corrected chi connectivity index (χ3v) is 5.25. The summed E-state index contributed by atoms with van der Waals surface area (Å²) in [4.78, 5) is 14.9. The lowest BCUT2D eigenvalue weighted by Gasteiger charge is -2.26. The Balaban J connectivity index is 0.00000196. The summed E-state index contributed by atoms with van der Waals surface area (Å²) in [5, 5.41) is 6.44. The monoisotopic (exact) mass is 433 g/mol. The lowest BCUT2D eigenvalue weighted by atomic mass is 9.96. The largest absolute Gasteiger partial charge is 0.496 e. The highest BCUT2D eigenvalue weighted by atomic mass is 35.5. The smallest absolute Gasteiger partial charge is 0.251 e. The molecule has 2 saturated heterocycles. The van der Waals surface area contributed by atoms with Crippen LogP contribution >= 0.6 is 24.8 Å². The molecule has 1 amide bonds. The van der Waals surface area contributed by atoms with Gasteiger partial charge in [-0.1, -0.05) is 0 Å². The minimum Gasteiger partial charge on any atom is -0.496 e. The number of halogens is 2. The van der Waals surface area contributed by atoms with Crippen molar-refractivity contribution in [2.75, 3.05) is 59.6 Å². The lowest BCUT2D eigenvalue weighted by molar-refractivity contribution is 0.0374. The van der Waals surface area contributed by atoms with Crippen LogP contribution in [0.15, 0.2) is 18.2 Å². The van der Waals surface area contributed by atoms with E-state index in [1.807, 2.05) is 18.2 Å². The van der Waals surface area contributed by atoms with Gasteiger partial charge in [-0.2, -0.15) is 0 Å². The van der Waals surface area contributed by atoms with Gasteiger partial charge in [0.05, 0.1) is 20.3 Å². The maximum atomic E-state index is 12.5. The van der Waals surface area contributed by atoms with E-state index in [2.05, 4.69) is 15.5 Å². The van der Waals surface area contributed by atoms with Crippen molar-refractivity contribution in [2.24, 2.45) is 5.92 Å². The summed E-state index contributed by atoms with van der Waals surface area (Å²) in [5.41, 5.74) is 1.85. The van der Waals surface area contributed by atoms with Crippen LogP contribution in [0.25, 0.3) is 0 Å². The van der Waals surface area contributed by atoms with Gasteiger partial charge < -0.3 is 20.1 Å². The number of nitrogens with zero attached hydrogens (tertiary/aromatic N) is 1. The van der Waals surface area contributed by atoms with Gasteiger partial charge in [-0.3, -0.25) is 9.69 Å². The molecule has 0 saturated carbocycles. The van der Waals surface area contributed by atoms with E-state index in [0.717, 1.165) is 75.7 Å². The van der Waals surface area contributed by atoms with Crippen molar-refractivity contribution in [1.82, 2.24) is 15.5 Å². The third-order valence-electron chi connectivity index (χ3n) is 5.25. The average molecular weight is 434 g/mol. The molecule has 1 aromatic rings. The Hall–Kier alpha value is -1.05. The molecule has 0 spiro atoms. The van der Waals surface area contributed by atoms with Gasteiger partial charge in [-0.15, -0.1) is 24.8 Å². The van der Waals surface area contributed by atoms with Crippen LogP contribution in [0.3, 0.4) is 0 Å². The second kappa shape index (κ2) is 13.2. The summed E-state index contributed by atoms with van der Waals surface area (Å²) in [7, 11) is 1.69. The Bertz CT molecular complexity index is 592. The molecule has 2 N–H and O–H groups in total. The summed E-state index contributed by atoms with van der Waals surface area (Å²) in [6.45, 7) is 7.44. The van der Waals surface area contributed by atoms with E-state index in [9.17, 15) is 4.79 Å². The van der Waals surface area contributed by atoms with Crippen LogP contribution in [0.2, 0.25) is 0 Å². The fourth-order valence-corrected chi connectivity index (χ4v) is 3.71. The zero-order chi connectivity index (χ0) is 18.2. The summed E-state index contributed by atoms with van der Waals surface area (Å²) < 4.78 is 10.8. The van der Waals surface area contributed by atoms with Crippen LogP contribution < -0.4 is 15.4 Å². The minimum absolute atomic E-state index is 0. The number of carbonyl (C=O) groups is 1. The molecule has 2 fully saturated rings. The number of methoxy groups -OCH3 is 1. The van der Waals surface area contributed by atoms with Crippen LogP contribution in [0, 0.1) is 5.92 Å². The van der Waals surface area contributed by atoms with E-state index in [4.69, 9.17) is 9.47 Å². The van der Waals surface area contributed by atoms with Crippen molar-refractivity contribution in [3.8, 4) is 5.75 Å². The maximum Gasteiger partial charge on any atom is 0.251 e. The normalized spacial score (nSPS) is 19.4. The van der Waals surface area contributed by atoms with Crippen molar-refractivity contribution in [2.45, 2.75) is 19.3 Å². The molecular weight excluding hydrogens is 401 g/mol. The molecular formula is C20H33Cl2N3O3. The number of nitrogens with one attached hydrogen (secondary N) is 2. The number of hydrogen-bond donors (Lipinski definition) is 2. The molecule has 8 heteroatoms. The molecule has 0 aromatic heterocycles. The van der Waals surface area contributed by atoms with E-state index in [1.165, 1.54) is 6.42 Å². The van der Waals surface area contributed by atoms with Gasteiger partial charge in [-0.05, 0) is 68.6 Å². The molecule has 6 nitrogen and oxygen atoms in total. The Morgan fingerprint density at radius 3 is 2.79 bits per heavy atom. The zero-order valence-corrected chi connectivity index (χ0v) is 18.2. The maximum absolute atomic E-state index is 12.5. The van der Waals surface area contributed by atoms with E-state index in [1.54, 1.807) is 7.11 Å². The Kier molecular flexibility index (Phi) is 11.8. The lowest BCUT2D eigenvalue weighted by Crippen LogP contribution is -2.38. The molecule has 160 valence electrons. The molecule has 0 radical (unpaired) electrons. The fraction of sp³-hybridized carbons (Fsp3) is 0.650. The molecule has 2 aliphatic heterocycles. The highest BCUT2D eigenvalue weighted by Gasteiger charge is 2.18. The standard InChI is InChI=1S/C20H31N3O3.2ClH/c1-25-19-4-3-17(14-18(19)13-16-5-7-21-15-16)20(24)22-6-2-8-23-9-11-26-12-10-23;;/h3-4,14,16,21H,2,5-13,15H2,1H3,(H,22,24);2*1H. The quantitative estimate of drug-likeness (QED) is 0.614. The van der Waals surface area contributed by atoms with Crippen molar-refractivity contribution in [3.05, 3.63) is 29.3 Å². The number of amides is 1. The Morgan fingerprint density at radius 2 is 2.11 bits per heavy atom. The topological polar surface area (TPSA) is 62.8 Å². The first kappa shape index (κ1) is 25.0. The Labute approximate surface area is 180 Å². The fourth-order valence-electron chi connectivity index (χ4n) is 3.71. The first-order valence-electron chi connectivity index (χ1n) is 9.72. The molecule has 3 rings (SSSR count). The average Bonchev–Trinajstić information content (AvgIpc) is 3.19. The number of rotatable bonds is 8. The molecule has 1 unspecified atom stereocenters. The molecule has 0 aliphatic carbocycles. The molecule has 2 heterocycles. The second-order valence-electron chi connectivity index (χ2n) is 7.15. The molecule has 2 aliphatic rings. The molecule has 0 bridgehead atoms. The molecule has 1 atom stereocenters. The van der Waals surface area contributed by atoms with Gasteiger partial charge in [0.15, 0.2) is 0 Å². The van der Waals surface area contributed by atoms with Crippen LogP contribution in [-0.2, 0) is 11.2 Å². The van der Waals surface area contributed by atoms with Crippen LogP contribution in [0.4, 0.5) is 0 Å². The van der Waals surface area contributed by atoms with Gasteiger partial charge in [0.2, 0.25) is 0 Å². The van der Waals surface area contributed by atoms with E-state index < -0.39 is 0 Å². The van der Waals surface area contributed by atoms with Crippen molar-refractivity contribution < 1.29 is 14.3 Å². The number of benzene rings is 1. The van der Waals surface area contributed by atoms with Gasteiger partial charge in [-0.25, -0.2) is 0 Å². The minimum atomic E-state index is 0. The third kappa shape index (κ3) is 7.41. The number of morpholine rings is 1. The molecule has 28 heavy (non-hydrogen) atoms. The summed E-state index contributed by atoms with van der Waals surface area (Å²) >= 11 is 0. The summed E-state index contributed by atoms with van der Waals surface area (Å²) in [5.74, 6) is 1.50. The predicted molar refractivity (Wildman–Crippen MR) is 116 cm³/mol. The van der Waals surface area contributed by atoms with E-state index in [-0.39, 0.29) is 30.7 Å². The first-order valence-corrected chi connectivity index (χ1v) is 9.72. The van der Waals surface area contributed by atoms with Gasteiger partial charge >= 0.3 is 0 Å². The summed E-state index contributed by atoms with van der Waals surface area (Å²) in [6, 6.07) is 5.77. The number of ether oxygens (including phenoxy) is 2. The van der Waals surface area contributed by atoms with Gasteiger partial charge in [0, 0.05) is 25.2 Å². The SMILES string of the molecule is COc1ccc(C(=O)NCCCN2CCOCC2)cc1CC1CCNC1.Cl.Cl. The number of hydrogen-bond acceptors (Lipinski definition) is 5. The predicted octanol–water partition coefficient (Wildman–Crippen LogP) is 2.14. The zero-order valence-electron chi connectivity index (χ0n) is 16.6. The van der Waals surface area contributed by atoms with Crippen LogP contribution in [-0.4, -0.2) is 70.4 Å². The van der Waals surface area contributed by atoms with Crippen LogP contribution in [0.1, 0.15) is 28.8 Å². The van der Waals surface area contributed by atoms with Crippen LogP contribution in [0.5, 0.6) is 5.75 Å². The Morgan fingerprint density at radius 1 is 1.32 bits per heavy atom. The van der Waals surface area contributed by atoms with Crippen molar-refractivity contribution in [1.29, 1.82) is 0 Å². The molecule has 1 aromatic carbocycles.